The molecular weight excluding hydrogens is 170 g/mol. The Morgan fingerprint density at radius 3 is 2.75 bits per heavy atom. The first-order valence-corrected chi connectivity index (χ1v) is 4.39. The van der Waals surface area contributed by atoms with E-state index in [1.807, 2.05) is 19.1 Å². The van der Waals surface area contributed by atoms with Gasteiger partial charge in [0, 0.05) is 17.5 Å². The third-order valence-electron chi connectivity index (χ3n) is 1.53. The van der Waals surface area contributed by atoms with Crippen LogP contribution in [0.2, 0.25) is 0 Å². The summed E-state index contributed by atoms with van der Waals surface area (Å²) in [6.45, 7) is 1.96. The minimum Gasteiger partial charge on any atom is -0.261 e. The molecule has 0 aliphatic carbocycles. The van der Waals surface area contributed by atoms with Gasteiger partial charge in [-0.2, -0.15) is 4.37 Å². The van der Waals surface area contributed by atoms with Crippen molar-refractivity contribution in [1.82, 2.24) is 14.3 Å². The second-order valence-corrected chi connectivity index (χ2v) is 3.05. The fourth-order valence-corrected chi connectivity index (χ4v) is 1.34. The largest absolute Gasteiger partial charge is 0.261 e. The first-order chi connectivity index (χ1) is 5.86. The lowest BCUT2D eigenvalue weighted by Gasteiger charge is -1.93. The van der Waals surface area contributed by atoms with E-state index >= 15 is 0 Å². The predicted octanol–water partition coefficient (Wildman–Crippen LogP) is 1.91. The maximum Gasteiger partial charge on any atom is 0.174 e. The average Bonchev–Trinajstić information content (AvgIpc) is 2.58. The second-order valence-electron chi connectivity index (χ2n) is 2.44. The van der Waals surface area contributed by atoms with E-state index in [9.17, 15) is 0 Å². The zero-order valence-corrected chi connectivity index (χ0v) is 7.38. The van der Waals surface area contributed by atoms with Gasteiger partial charge in [0.25, 0.3) is 0 Å². The van der Waals surface area contributed by atoms with Crippen LogP contribution in [0.3, 0.4) is 0 Å². The van der Waals surface area contributed by atoms with Gasteiger partial charge >= 0.3 is 0 Å². The smallest absolute Gasteiger partial charge is 0.174 e. The van der Waals surface area contributed by atoms with E-state index in [4.69, 9.17) is 0 Å². The van der Waals surface area contributed by atoms with Crippen LogP contribution in [0.4, 0.5) is 0 Å². The molecule has 0 saturated carbocycles. The van der Waals surface area contributed by atoms with E-state index in [2.05, 4.69) is 14.3 Å². The highest BCUT2D eigenvalue weighted by molar-refractivity contribution is 7.03. The van der Waals surface area contributed by atoms with Crippen molar-refractivity contribution in [2.45, 2.75) is 6.92 Å². The SMILES string of the molecule is Cc1ccc(-c2ncsn2)cn1. The van der Waals surface area contributed by atoms with Crippen molar-refractivity contribution in [3.05, 3.63) is 29.5 Å². The van der Waals surface area contributed by atoms with Crippen LogP contribution in [0, 0.1) is 6.92 Å². The molecule has 4 heteroatoms. The zero-order valence-electron chi connectivity index (χ0n) is 6.56. The normalized spacial score (nSPS) is 10.1. The van der Waals surface area contributed by atoms with Crippen LogP contribution in [-0.2, 0) is 0 Å². The molecule has 0 fully saturated rings. The molecule has 2 rings (SSSR count). The van der Waals surface area contributed by atoms with Crippen LogP contribution in [0.15, 0.2) is 23.8 Å². The average molecular weight is 177 g/mol. The van der Waals surface area contributed by atoms with Gasteiger partial charge in [0.05, 0.1) is 0 Å². The van der Waals surface area contributed by atoms with Crippen molar-refractivity contribution in [3.8, 4) is 11.4 Å². The molecule has 0 N–H and O–H groups in total. The number of aromatic nitrogens is 3. The number of rotatable bonds is 1. The Balaban J connectivity index is 2.43. The molecule has 2 heterocycles. The van der Waals surface area contributed by atoms with Gasteiger partial charge in [-0.15, -0.1) is 0 Å². The first kappa shape index (κ1) is 7.36. The highest BCUT2D eigenvalue weighted by Gasteiger charge is 1.99. The number of pyridine rings is 1. The summed E-state index contributed by atoms with van der Waals surface area (Å²) in [6, 6.07) is 3.93. The summed E-state index contributed by atoms with van der Waals surface area (Å²) < 4.78 is 4.11. The Morgan fingerprint density at radius 1 is 1.25 bits per heavy atom. The van der Waals surface area contributed by atoms with Gasteiger partial charge < -0.3 is 0 Å². The molecule has 0 aliphatic heterocycles. The van der Waals surface area contributed by atoms with Crippen LogP contribution in [0.5, 0.6) is 0 Å². The van der Waals surface area contributed by atoms with E-state index < -0.39 is 0 Å². The minimum atomic E-state index is 0.757. The lowest BCUT2D eigenvalue weighted by atomic mass is 10.2. The molecule has 0 aromatic carbocycles. The lowest BCUT2D eigenvalue weighted by Crippen LogP contribution is -1.83. The molecule has 0 aliphatic rings. The predicted molar refractivity (Wildman–Crippen MR) is 47.9 cm³/mol. The van der Waals surface area contributed by atoms with Crippen molar-refractivity contribution in [2.24, 2.45) is 0 Å². The first-order valence-electron chi connectivity index (χ1n) is 3.55. The number of nitrogens with zero attached hydrogens (tertiary/aromatic N) is 3. The molecule has 0 radical (unpaired) electrons. The molecule has 3 nitrogen and oxygen atoms in total. The highest BCUT2D eigenvalue weighted by Crippen LogP contribution is 2.13. The van der Waals surface area contributed by atoms with Gasteiger partial charge in [0.2, 0.25) is 0 Å². The van der Waals surface area contributed by atoms with Crippen molar-refractivity contribution >= 4 is 11.5 Å². The van der Waals surface area contributed by atoms with Gasteiger partial charge in [-0.25, -0.2) is 4.98 Å². The summed E-state index contributed by atoms with van der Waals surface area (Å²) in [5.74, 6) is 0.757. The zero-order chi connectivity index (χ0) is 8.39. The summed E-state index contributed by atoms with van der Waals surface area (Å²) in [6.07, 6.45) is 1.79. The monoisotopic (exact) mass is 177 g/mol. The molecule has 60 valence electrons. The van der Waals surface area contributed by atoms with E-state index in [1.54, 1.807) is 11.7 Å². The summed E-state index contributed by atoms with van der Waals surface area (Å²) >= 11 is 1.35. The van der Waals surface area contributed by atoms with Crippen molar-refractivity contribution in [3.63, 3.8) is 0 Å². The number of hydrogen-bond acceptors (Lipinski definition) is 4. The molecule has 2 aromatic heterocycles. The molecule has 0 spiro atoms. The summed E-state index contributed by atoms with van der Waals surface area (Å²) in [7, 11) is 0. The third kappa shape index (κ3) is 1.33. The molecule has 0 bridgehead atoms. The fourth-order valence-electron chi connectivity index (χ4n) is 0.898. The van der Waals surface area contributed by atoms with Crippen LogP contribution < -0.4 is 0 Å². The Bertz CT molecular complexity index is 352. The van der Waals surface area contributed by atoms with Crippen molar-refractivity contribution in [2.75, 3.05) is 0 Å². The van der Waals surface area contributed by atoms with Gasteiger partial charge in [0.15, 0.2) is 5.82 Å². The second kappa shape index (κ2) is 2.98. The molecular formula is C8H7N3S. The fraction of sp³-hybridized carbons (Fsp3) is 0.125. The van der Waals surface area contributed by atoms with Crippen molar-refractivity contribution in [1.29, 1.82) is 0 Å². The Hall–Kier alpha value is -1.29. The summed E-state index contributed by atoms with van der Waals surface area (Å²) in [5.41, 5.74) is 3.70. The standard InChI is InChI=1S/C8H7N3S/c1-6-2-3-7(4-9-6)8-10-5-12-11-8/h2-5H,1H3. The highest BCUT2D eigenvalue weighted by atomic mass is 32.1. The maximum atomic E-state index is 4.16. The molecule has 0 unspecified atom stereocenters. The summed E-state index contributed by atoms with van der Waals surface area (Å²) in [4.78, 5) is 8.24. The van der Waals surface area contributed by atoms with Gasteiger partial charge in [-0.05, 0) is 30.6 Å². The van der Waals surface area contributed by atoms with E-state index in [-0.39, 0.29) is 0 Å². The van der Waals surface area contributed by atoms with Gasteiger partial charge in [0.1, 0.15) is 5.51 Å². The van der Waals surface area contributed by atoms with E-state index in [0.717, 1.165) is 17.1 Å². The van der Waals surface area contributed by atoms with Crippen LogP contribution in [0.1, 0.15) is 5.69 Å². The molecule has 0 saturated heterocycles. The maximum absolute atomic E-state index is 4.16. The molecule has 2 aromatic rings. The minimum absolute atomic E-state index is 0.757. The van der Waals surface area contributed by atoms with Crippen LogP contribution in [0.25, 0.3) is 11.4 Å². The van der Waals surface area contributed by atoms with Gasteiger partial charge in [-0.1, -0.05) is 0 Å². The quantitative estimate of drug-likeness (QED) is 0.667. The van der Waals surface area contributed by atoms with Crippen LogP contribution in [-0.4, -0.2) is 14.3 Å². The van der Waals surface area contributed by atoms with Crippen LogP contribution >= 0.6 is 11.5 Å². The molecule has 12 heavy (non-hydrogen) atoms. The Kier molecular flexibility index (Phi) is 1.83. The number of aryl methyl sites for hydroxylation is 1. The Morgan fingerprint density at radius 2 is 2.17 bits per heavy atom. The number of hydrogen-bond donors (Lipinski definition) is 0. The molecule has 0 atom stereocenters. The topological polar surface area (TPSA) is 38.7 Å². The summed E-state index contributed by atoms with van der Waals surface area (Å²) in [5, 5.41) is 0. The van der Waals surface area contributed by atoms with E-state index in [1.165, 1.54) is 11.5 Å². The van der Waals surface area contributed by atoms with Gasteiger partial charge in [-0.3, -0.25) is 4.98 Å². The lowest BCUT2D eigenvalue weighted by molar-refractivity contribution is 1.19. The van der Waals surface area contributed by atoms with E-state index in [0.29, 0.717) is 0 Å². The van der Waals surface area contributed by atoms with Crippen molar-refractivity contribution < 1.29 is 0 Å². The third-order valence-corrected chi connectivity index (χ3v) is 2.01. The molecule has 0 amide bonds. The Labute approximate surface area is 74.3 Å².